The van der Waals surface area contributed by atoms with Crippen LogP contribution in [-0.2, 0) is 4.79 Å². The average molecular weight is 276 g/mol. The maximum Gasteiger partial charge on any atom is 0.272 e. The molecule has 0 atom stereocenters. The fourth-order valence-electron chi connectivity index (χ4n) is 2.22. The molecular weight excluding hydrogens is 256 g/mol. The van der Waals surface area contributed by atoms with Crippen LogP contribution < -0.4 is 5.32 Å². The zero-order valence-electron chi connectivity index (χ0n) is 11.7. The quantitative estimate of drug-likeness (QED) is 0.839. The molecule has 1 aromatic rings. The molecule has 1 aliphatic rings. The van der Waals surface area contributed by atoms with Crippen molar-refractivity contribution in [3.05, 3.63) is 30.1 Å². The first-order valence-electron chi connectivity index (χ1n) is 6.84. The molecule has 2 heterocycles. The van der Waals surface area contributed by atoms with E-state index in [2.05, 4.69) is 15.2 Å². The monoisotopic (exact) mass is 276 g/mol. The summed E-state index contributed by atoms with van der Waals surface area (Å²) in [6.45, 7) is 6.07. The van der Waals surface area contributed by atoms with Crippen LogP contribution in [0.15, 0.2) is 24.4 Å². The maximum atomic E-state index is 12.2. The van der Waals surface area contributed by atoms with E-state index >= 15 is 0 Å². The number of hydrogen-bond donors (Lipinski definition) is 1. The van der Waals surface area contributed by atoms with E-state index in [1.54, 1.807) is 18.3 Å². The van der Waals surface area contributed by atoms with Crippen molar-refractivity contribution in [2.24, 2.45) is 0 Å². The van der Waals surface area contributed by atoms with Gasteiger partial charge in [-0.15, -0.1) is 0 Å². The molecule has 0 aliphatic carbocycles. The lowest BCUT2D eigenvalue weighted by molar-refractivity contribution is -0.119. The summed E-state index contributed by atoms with van der Waals surface area (Å²) < 4.78 is 0. The summed E-state index contributed by atoms with van der Waals surface area (Å²) in [6, 6.07) is 5.37. The molecular formula is C14H20N4O2. The van der Waals surface area contributed by atoms with Crippen molar-refractivity contribution in [3.8, 4) is 0 Å². The van der Waals surface area contributed by atoms with Crippen LogP contribution in [0.1, 0.15) is 17.4 Å². The van der Waals surface area contributed by atoms with Gasteiger partial charge in [-0.2, -0.15) is 0 Å². The summed E-state index contributed by atoms with van der Waals surface area (Å²) in [4.78, 5) is 31.2. The minimum Gasteiger partial charge on any atom is -0.355 e. The minimum atomic E-state index is -0.00730. The maximum absolute atomic E-state index is 12.2. The van der Waals surface area contributed by atoms with Gasteiger partial charge < -0.3 is 10.2 Å². The zero-order chi connectivity index (χ0) is 14.4. The average Bonchev–Trinajstić information content (AvgIpc) is 2.48. The number of piperazine rings is 1. The Balaban J connectivity index is 1.77. The van der Waals surface area contributed by atoms with E-state index in [4.69, 9.17) is 0 Å². The zero-order valence-corrected chi connectivity index (χ0v) is 11.7. The SMILES string of the molecule is CC(=O)NCCN1CCN(C(=O)c2ccccn2)CC1. The van der Waals surface area contributed by atoms with Gasteiger partial charge in [0.2, 0.25) is 5.91 Å². The third-order valence-corrected chi connectivity index (χ3v) is 3.35. The molecule has 1 aromatic heterocycles. The number of amides is 2. The molecule has 2 amide bonds. The van der Waals surface area contributed by atoms with Crippen molar-refractivity contribution in [2.75, 3.05) is 39.3 Å². The molecule has 108 valence electrons. The highest BCUT2D eigenvalue weighted by Gasteiger charge is 2.22. The van der Waals surface area contributed by atoms with E-state index in [1.165, 1.54) is 6.92 Å². The van der Waals surface area contributed by atoms with Gasteiger partial charge in [0, 0.05) is 52.4 Å². The summed E-state index contributed by atoms with van der Waals surface area (Å²) in [6.07, 6.45) is 1.64. The van der Waals surface area contributed by atoms with Crippen LogP contribution >= 0.6 is 0 Å². The largest absolute Gasteiger partial charge is 0.355 e. The second-order valence-corrected chi connectivity index (χ2v) is 4.83. The Morgan fingerprint density at radius 2 is 2.00 bits per heavy atom. The number of nitrogens with one attached hydrogen (secondary N) is 1. The Morgan fingerprint density at radius 1 is 1.25 bits per heavy atom. The molecule has 0 bridgehead atoms. The summed E-state index contributed by atoms with van der Waals surface area (Å²) in [5.74, 6) is -0.0129. The standard InChI is InChI=1S/C14H20N4O2/c1-12(19)15-6-7-17-8-10-18(11-9-17)14(20)13-4-2-3-5-16-13/h2-5H,6-11H2,1H3,(H,15,19). The van der Waals surface area contributed by atoms with Crippen LogP contribution in [0.5, 0.6) is 0 Å². The van der Waals surface area contributed by atoms with Gasteiger partial charge >= 0.3 is 0 Å². The first-order valence-corrected chi connectivity index (χ1v) is 6.84. The molecule has 1 N–H and O–H groups in total. The highest BCUT2D eigenvalue weighted by atomic mass is 16.2. The fourth-order valence-corrected chi connectivity index (χ4v) is 2.22. The normalized spacial score (nSPS) is 15.9. The van der Waals surface area contributed by atoms with Crippen molar-refractivity contribution in [1.82, 2.24) is 20.1 Å². The molecule has 1 saturated heterocycles. The Kier molecular flexibility index (Phi) is 5.06. The van der Waals surface area contributed by atoms with Gasteiger partial charge in [-0.25, -0.2) is 0 Å². The number of carbonyl (C=O) groups is 2. The molecule has 6 nitrogen and oxygen atoms in total. The first-order chi connectivity index (χ1) is 9.66. The molecule has 2 rings (SSSR count). The number of aromatic nitrogens is 1. The van der Waals surface area contributed by atoms with Crippen LogP contribution in [0.3, 0.4) is 0 Å². The van der Waals surface area contributed by atoms with E-state index in [0.29, 0.717) is 25.3 Å². The summed E-state index contributed by atoms with van der Waals surface area (Å²) in [7, 11) is 0. The molecule has 0 radical (unpaired) electrons. The summed E-state index contributed by atoms with van der Waals surface area (Å²) in [5, 5.41) is 2.78. The predicted molar refractivity (Wildman–Crippen MR) is 75.3 cm³/mol. The van der Waals surface area contributed by atoms with E-state index in [0.717, 1.165) is 19.6 Å². The molecule has 6 heteroatoms. The second-order valence-electron chi connectivity index (χ2n) is 4.83. The lowest BCUT2D eigenvalue weighted by atomic mass is 10.2. The van der Waals surface area contributed by atoms with Crippen molar-refractivity contribution in [3.63, 3.8) is 0 Å². The molecule has 0 unspecified atom stereocenters. The van der Waals surface area contributed by atoms with Crippen molar-refractivity contribution >= 4 is 11.8 Å². The second kappa shape index (κ2) is 7.00. The van der Waals surface area contributed by atoms with E-state index in [9.17, 15) is 9.59 Å². The Hall–Kier alpha value is -1.95. The van der Waals surface area contributed by atoms with Crippen LogP contribution in [0.2, 0.25) is 0 Å². The van der Waals surface area contributed by atoms with Crippen LogP contribution in [0.25, 0.3) is 0 Å². The molecule has 0 spiro atoms. The van der Waals surface area contributed by atoms with Crippen molar-refractivity contribution in [2.45, 2.75) is 6.92 Å². The fraction of sp³-hybridized carbons (Fsp3) is 0.500. The summed E-state index contributed by atoms with van der Waals surface area (Å²) >= 11 is 0. The van der Waals surface area contributed by atoms with Crippen molar-refractivity contribution < 1.29 is 9.59 Å². The highest BCUT2D eigenvalue weighted by Crippen LogP contribution is 2.06. The Labute approximate surface area is 118 Å². The first kappa shape index (κ1) is 14.5. The number of pyridine rings is 1. The summed E-state index contributed by atoms with van der Waals surface area (Å²) in [5.41, 5.74) is 0.499. The van der Waals surface area contributed by atoms with Gasteiger partial charge in [0.25, 0.3) is 5.91 Å². The predicted octanol–water partition coefficient (Wildman–Crippen LogP) is -0.0245. The highest BCUT2D eigenvalue weighted by molar-refractivity contribution is 5.92. The smallest absolute Gasteiger partial charge is 0.272 e. The Bertz CT molecular complexity index is 456. The van der Waals surface area contributed by atoms with Crippen LogP contribution in [-0.4, -0.2) is 65.9 Å². The number of nitrogens with zero attached hydrogens (tertiary/aromatic N) is 3. The van der Waals surface area contributed by atoms with Gasteiger partial charge in [0.05, 0.1) is 0 Å². The molecule has 0 saturated carbocycles. The van der Waals surface area contributed by atoms with Gasteiger partial charge in [-0.05, 0) is 12.1 Å². The van der Waals surface area contributed by atoms with Gasteiger partial charge in [0.1, 0.15) is 5.69 Å². The minimum absolute atomic E-state index is 0.00559. The molecule has 0 aromatic carbocycles. The number of carbonyl (C=O) groups excluding carboxylic acids is 2. The molecule has 1 fully saturated rings. The molecule has 20 heavy (non-hydrogen) atoms. The van der Waals surface area contributed by atoms with E-state index in [-0.39, 0.29) is 11.8 Å². The number of hydrogen-bond acceptors (Lipinski definition) is 4. The number of rotatable bonds is 4. The van der Waals surface area contributed by atoms with E-state index < -0.39 is 0 Å². The third-order valence-electron chi connectivity index (χ3n) is 3.35. The van der Waals surface area contributed by atoms with Crippen molar-refractivity contribution in [1.29, 1.82) is 0 Å². The Morgan fingerprint density at radius 3 is 2.60 bits per heavy atom. The van der Waals surface area contributed by atoms with Crippen LogP contribution in [0, 0.1) is 0 Å². The lowest BCUT2D eigenvalue weighted by Crippen LogP contribution is -2.50. The third kappa shape index (κ3) is 4.03. The van der Waals surface area contributed by atoms with Gasteiger partial charge in [0.15, 0.2) is 0 Å². The lowest BCUT2D eigenvalue weighted by Gasteiger charge is -2.34. The van der Waals surface area contributed by atoms with Gasteiger partial charge in [-0.3, -0.25) is 19.5 Å². The van der Waals surface area contributed by atoms with E-state index in [1.807, 2.05) is 11.0 Å². The van der Waals surface area contributed by atoms with Gasteiger partial charge in [-0.1, -0.05) is 6.07 Å². The molecule has 1 aliphatic heterocycles. The van der Waals surface area contributed by atoms with Crippen LogP contribution in [0.4, 0.5) is 0 Å². The topological polar surface area (TPSA) is 65.5 Å².